The van der Waals surface area contributed by atoms with Crippen LogP contribution in [0.4, 0.5) is 0 Å². The minimum absolute atomic E-state index is 0. The van der Waals surface area contributed by atoms with Gasteiger partial charge in [0.25, 0.3) is 0 Å². The van der Waals surface area contributed by atoms with E-state index < -0.39 is 0 Å². The van der Waals surface area contributed by atoms with Crippen molar-refractivity contribution in [2.75, 3.05) is 45.9 Å². The molecule has 3 nitrogen and oxygen atoms in total. The number of likely N-dealkylation sites (tertiary alicyclic amines) is 1. The maximum atomic E-state index is 5.49. The van der Waals surface area contributed by atoms with Crippen molar-refractivity contribution < 1.29 is 4.74 Å². The van der Waals surface area contributed by atoms with Gasteiger partial charge in [0.2, 0.25) is 0 Å². The molecule has 0 aromatic heterocycles. The van der Waals surface area contributed by atoms with E-state index in [0.717, 1.165) is 32.3 Å². The van der Waals surface area contributed by atoms with Crippen LogP contribution >= 0.6 is 40.7 Å². The van der Waals surface area contributed by atoms with Crippen LogP contribution in [0.25, 0.3) is 0 Å². The first-order valence-electron chi connectivity index (χ1n) is 9.02. The Morgan fingerprint density at radius 1 is 1.16 bits per heavy atom. The maximum absolute atomic E-state index is 5.49. The Labute approximate surface area is 173 Å². The molecule has 25 heavy (non-hydrogen) atoms. The summed E-state index contributed by atoms with van der Waals surface area (Å²) in [5, 5.41) is 0. The van der Waals surface area contributed by atoms with Crippen LogP contribution in [0, 0.1) is 0 Å². The third kappa shape index (κ3) is 7.00. The van der Waals surface area contributed by atoms with Gasteiger partial charge in [0.15, 0.2) is 0 Å². The second-order valence-electron chi connectivity index (χ2n) is 7.01. The Balaban J connectivity index is 0.00000156. The molecule has 0 amide bonds. The summed E-state index contributed by atoms with van der Waals surface area (Å²) < 4.78 is 6.68. The smallest absolute Gasteiger partial charge is 0.0594 e. The van der Waals surface area contributed by atoms with Crippen LogP contribution in [0.3, 0.4) is 0 Å². The molecule has 0 spiro atoms. The number of rotatable bonds is 5. The van der Waals surface area contributed by atoms with E-state index in [1.807, 2.05) is 0 Å². The van der Waals surface area contributed by atoms with Gasteiger partial charge in [0, 0.05) is 36.7 Å². The third-order valence-corrected chi connectivity index (χ3v) is 5.74. The van der Waals surface area contributed by atoms with Crippen LogP contribution < -0.4 is 0 Å². The van der Waals surface area contributed by atoms with E-state index in [2.05, 4.69) is 56.9 Å². The topological polar surface area (TPSA) is 15.7 Å². The molecular weight excluding hydrogens is 423 g/mol. The number of benzene rings is 1. The first-order chi connectivity index (χ1) is 11.2. The highest BCUT2D eigenvalue weighted by atomic mass is 79.9. The molecule has 6 heteroatoms. The SMILES string of the molecule is CC(CN1CCCCC1CN1CCOCC1)c1cccc(Br)c1.Cl.Cl. The van der Waals surface area contributed by atoms with E-state index in [0.29, 0.717) is 5.92 Å². The number of hydrogen-bond acceptors (Lipinski definition) is 3. The summed E-state index contributed by atoms with van der Waals surface area (Å²) in [6.07, 6.45) is 4.09. The monoisotopic (exact) mass is 452 g/mol. The zero-order valence-electron chi connectivity index (χ0n) is 15.0. The molecule has 2 fully saturated rings. The average Bonchev–Trinajstić information content (AvgIpc) is 2.57. The Bertz CT molecular complexity index is 500. The minimum Gasteiger partial charge on any atom is -0.379 e. The molecular formula is C19H31BrCl2N2O. The van der Waals surface area contributed by atoms with Gasteiger partial charge in [-0.3, -0.25) is 9.80 Å². The summed E-state index contributed by atoms with van der Waals surface area (Å²) in [4.78, 5) is 5.33. The van der Waals surface area contributed by atoms with Gasteiger partial charge in [-0.2, -0.15) is 0 Å². The van der Waals surface area contributed by atoms with E-state index >= 15 is 0 Å². The summed E-state index contributed by atoms with van der Waals surface area (Å²) in [5.74, 6) is 0.581. The summed E-state index contributed by atoms with van der Waals surface area (Å²) in [5.41, 5.74) is 1.44. The Morgan fingerprint density at radius 3 is 2.64 bits per heavy atom. The summed E-state index contributed by atoms with van der Waals surface area (Å²) in [7, 11) is 0. The number of hydrogen-bond donors (Lipinski definition) is 0. The van der Waals surface area contributed by atoms with Crippen molar-refractivity contribution in [3.63, 3.8) is 0 Å². The molecule has 2 heterocycles. The van der Waals surface area contributed by atoms with Gasteiger partial charge in [0.1, 0.15) is 0 Å². The van der Waals surface area contributed by atoms with E-state index in [1.165, 1.54) is 48.9 Å². The zero-order valence-corrected chi connectivity index (χ0v) is 18.3. The van der Waals surface area contributed by atoms with Gasteiger partial charge in [-0.05, 0) is 43.0 Å². The summed E-state index contributed by atoms with van der Waals surface area (Å²) in [6.45, 7) is 10.0. The van der Waals surface area contributed by atoms with Crippen LogP contribution in [0.5, 0.6) is 0 Å². The molecule has 0 bridgehead atoms. The standard InChI is InChI=1S/C19H29BrN2O.2ClH/c1-16(17-5-4-6-18(20)13-17)14-22-8-3-2-7-19(22)15-21-9-11-23-12-10-21;;/h4-6,13,16,19H,2-3,7-12,14-15H2,1H3;2*1H. The number of ether oxygens (including phenoxy) is 1. The van der Waals surface area contributed by atoms with E-state index in [4.69, 9.17) is 4.74 Å². The van der Waals surface area contributed by atoms with Crippen LogP contribution in [0.1, 0.15) is 37.7 Å². The van der Waals surface area contributed by atoms with Crippen molar-refractivity contribution in [2.24, 2.45) is 0 Å². The molecule has 144 valence electrons. The first kappa shape index (κ1) is 23.2. The largest absolute Gasteiger partial charge is 0.379 e. The molecule has 3 rings (SSSR count). The van der Waals surface area contributed by atoms with Crippen LogP contribution in [-0.4, -0.2) is 61.8 Å². The van der Waals surface area contributed by atoms with E-state index in [1.54, 1.807) is 0 Å². The van der Waals surface area contributed by atoms with Gasteiger partial charge in [-0.1, -0.05) is 41.4 Å². The fourth-order valence-corrected chi connectivity index (χ4v) is 4.28. The number of morpholine rings is 1. The molecule has 0 aliphatic carbocycles. The predicted octanol–water partition coefficient (Wildman–Crippen LogP) is 4.58. The summed E-state index contributed by atoms with van der Waals surface area (Å²) >= 11 is 3.60. The molecule has 1 aromatic carbocycles. The van der Waals surface area contributed by atoms with Crippen LogP contribution in [0.15, 0.2) is 28.7 Å². The fourth-order valence-electron chi connectivity index (χ4n) is 3.86. The van der Waals surface area contributed by atoms with Crippen molar-refractivity contribution in [2.45, 2.75) is 38.1 Å². The predicted molar refractivity (Wildman–Crippen MR) is 114 cm³/mol. The molecule has 2 aliphatic rings. The van der Waals surface area contributed by atoms with Crippen molar-refractivity contribution >= 4 is 40.7 Å². The number of halogens is 3. The molecule has 2 saturated heterocycles. The van der Waals surface area contributed by atoms with Gasteiger partial charge in [-0.15, -0.1) is 24.8 Å². The third-order valence-electron chi connectivity index (χ3n) is 5.25. The Morgan fingerprint density at radius 2 is 1.92 bits per heavy atom. The Kier molecular flexibility index (Phi) is 10.9. The molecule has 0 N–H and O–H groups in total. The average molecular weight is 454 g/mol. The van der Waals surface area contributed by atoms with Gasteiger partial charge >= 0.3 is 0 Å². The number of piperidine rings is 1. The van der Waals surface area contributed by atoms with Gasteiger partial charge < -0.3 is 4.74 Å². The molecule has 2 atom stereocenters. The van der Waals surface area contributed by atoms with Gasteiger partial charge in [-0.25, -0.2) is 0 Å². The van der Waals surface area contributed by atoms with Crippen LogP contribution in [0.2, 0.25) is 0 Å². The van der Waals surface area contributed by atoms with Crippen molar-refractivity contribution in [1.82, 2.24) is 9.80 Å². The van der Waals surface area contributed by atoms with Crippen molar-refractivity contribution in [3.05, 3.63) is 34.3 Å². The zero-order chi connectivity index (χ0) is 16.1. The minimum atomic E-state index is 0. The normalized spacial score (nSPS) is 23.4. The lowest BCUT2D eigenvalue weighted by Crippen LogP contribution is -2.50. The maximum Gasteiger partial charge on any atom is 0.0594 e. The summed E-state index contributed by atoms with van der Waals surface area (Å²) in [6, 6.07) is 9.51. The highest BCUT2D eigenvalue weighted by molar-refractivity contribution is 9.10. The van der Waals surface area contributed by atoms with Crippen molar-refractivity contribution in [1.29, 1.82) is 0 Å². The lowest BCUT2D eigenvalue weighted by atomic mass is 9.96. The lowest BCUT2D eigenvalue weighted by Gasteiger charge is -2.40. The highest BCUT2D eigenvalue weighted by Gasteiger charge is 2.26. The number of nitrogens with zero attached hydrogens (tertiary/aromatic N) is 2. The lowest BCUT2D eigenvalue weighted by molar-refractivity contribution is 0.0159. The van der Waals surface area contributed by atoms with Crippen molar-refractivity contribution in [3.8, 4) is 0 Å². The second kappa shape index (κ2) is 11.8. The molecule has 0 saturated carbocycles. The Hall–Kier alpha value is 0.160. The van der Waals surface area contributed by atoms with E-state index in [-0.39, 0.29) is 24.8 Å². The van der Waals surface area contributed by atoms with Crippen LogP contribution in [-0.2, 0) is 4.74 Å². The van der Waals surface area contributed by atoms with Gasteiger partial charge in [0.05, 0.1) is 13.2 Å². The molecule has 0 radical (unpaired) electrons. The van der Waals surface area contributed by atoms with E-state index in [9.17, 15) is 0 Å². The fraction of sp³-hybridized carbons (Fsp3) is 0.684. The quantitative estimate of drug-likeness (QED) is 0.648. The highest BCUT2D eigenvalue weighted by Crippen LogP contribution is 2.25. The molecule has 2 unspecified atom stereocenters. The first-order valence-corrected chi connectivity index (χ1v) is 9.81. The molecule has 2 aliphatic heterocycles. The molecule has 1 aromatic rings. The second-order valence-corrected chi connectivity index (χ2v) is 7.93.